The lowest BCUT2D eigenvalue weighted by atomic mass is 9.88. The number of pyridine rings is 1. The number of hydrogen-bond donors (Lipinski definition) is 1. The number of carboxylic acid groups (broad SMARTS) is 1. The van der Waals surface area contributed by atoms with E-state index in [-0.39, 0.29) is 18.7 Å². The summed E-state index contributed by atoms with van der Waals surface area (Å²) < 4.78 is 11.6. The Morgan fingerprint density at radius 2 is 1.60 bits per heavy atom. The molecule has 4 aromatic carbocycles. The first-order chi connectivity index (χ1) is 26.9. The molecule has 0 radical (unpaired) electrons. The molecule has 0 atom stereocenters. The molecule has 9 nitrogen and oxygen atoms in total. The van der Waals surface area contributed by atoms with Crippen molar-refractivity contribution in [1.29, 1.82) is 0 Å². The largest absolute Gasteiger partial charge is 0.531 e. The quantitative estimate of drug-likeness (QED) is 0.124. The third kappa shape index (κ3) is 9.54. The molecule has 2 heterocycles. The molecule has 2 aliphatic rings. The number of benzene rings is 4. The molecule has 278 valence electrons. The maximum Gasteiger partial charge on any atom is 0.531 e. The van der Waals surface area contributed by atoms with Crippen molar-refractivity contribution < 1.29 is 29.0 Å². The van der Waals surface area contributed by atoms with Gasteiger partial charge >= 0.3 is 12.2 Å². The number of likely N-dealkylation sites (tertiary alicyclic amines) is 1. The van der Waals surface area contributed by atoms with Crippen molar-refractivity contribution in [1.82, 2.24) is 14.9 Å². The van der Waals surface area contributed by atoms with Crippen molar-refractivity contribution in [2.75, 3.05) is 32.8 Å². The number of nitrogens with zero attached hydrogens (tertiary/aromatic N) is 3. The topological polar surface area (TPSA) is 101 Å². The van der Waals surface area contributed by atoms with E-state index in [2.05, 4.69) is 34.9 Å². The van der Waals surface area contributed by atoms with Crippen LogP contribution in [-0.4, -0.2) is 65.1 Å². The van der Waals surface area contributed by atoms with Gasteiger partial charge in [-0.15, -0.1) is 5.06 Å². The van der Waals surface area contributed by atoms with Crippen molar-refractivity contribution >= 4 is 29.4 Å². The third-order valence-corrected chi connectivity index (χ3v) is 9.94. The van der Waals surface area contributed by atoms with Crippen LogP contribution in [0, 0.1) is 11.8 Å². The van der Waals surface area contributed by atoms with Crippen LogP contribution in [0.2, 0.25) is 5.02 Å². The van der Waals surface area contributed by atoms with E-state index in [1.807, 2.05) is 85.1 Å². The van der Waals surface area contributed by atoms with E-state index in [0.717, 1.165) is 72.9 Å². The molecule has 7 rings (SSSR count). The molecule has 1 aromatic heterocycles. The fraction of sp³-hybridized carbons (Fsp3) is 0.222. The maximum atomic E-state index is 12.9. The van der Waals surface area contributed by atoms with Crippen LogP contribution in [0.1, 0.15) is 47.2 Å². The number of piperidine rings is 1. The van der Waals surface area contributed by atoms with Crippen molar-refractivity contribution in [3.63, 3.8) is 0 Å². The highest BCUT2D eigenvalue weighted by Crippen LogP contribution is 2.38. The second-order valence-electron chi connectivity index (χ2n) is 13.2. The van der Waals surface area contributed by atoms with E-state index in [1.54, 1.807) is 12.1 Å². The van der Waals surface area contributed by atoms with Crippen molar-refractivity contribution in [2.24, 2.45) is 0 Å². The minimum Gasteiger partial charge on any atom is -0.492 e. The van der Waals surface area contributed by atoms with E-state index in [9.17, 15) is 14.7 Å². The summed E-state index contributed by atoms with van der Waals surface area (Å²) in [4.78, 5) is 36.3. The van der Waals surface area contributed by atoms with Gasteiger partial charge in [-0.25, -0.2) is 9.59 Å². The Morgan fingerprint density at radius 1 is 0.836 bits per heavy atom. The summed E-state index contributed by atoms with van der Waals surface area (Å²) in [6.07, 6.45) is 3.32. The average molecular weight is 754 g/mol. The SMILES string of the molecule is O=C(O)ON(CCC#Cc1ccc(OCCN2CCC(=C3c4ccc(Cl)cc4CCc4cccnc43)CC2)cc1)C(=O)Oc1ccccc1-c1ccccc1. The molecule has 5 aromatic rings. The first kappa shape index (κ1) is 37.2. The number of carbonyl (C=O) groups excluding carboxylic acids is 1. The van der Waals surface area contributed by atoms with E-state index in [0.29, 0.717) is 17.2 Å². The van der Waals surface area contributed by atoms with Crippen molar-refractivity contribution in [3.8, 4) is 34.5 Å². The zero-order valence-corrected chi connectivity index (χ0v) is 31.0. The van der Waals surface area contributed by atoms with Gasteiger partial charge in [0.25, 0.3) is 0 Å². The number of carbonyl (C=O) groups is 2. The van der Waals surface area contributed by atoms with Gasteiger partial charge in [-0.05, 0) is 96.5 Å². The number of aromatic nitrogens is 1. The standard InChI is InChI=1S/C45H40ClN3O6/c46-37-19-22-40-36(31-37)18-17-35-12-8-25-47-43(35)42(40)34-23-27-48(28-24-34)29-30-53-38-20-15-32(16-21-38)9-6-7-26-49(55-45(51)52)44(50)54-41-14-5-4-13-39(41)33-10-2-1-3-11-33/h1-5,8,10-16,19-22,25,31H,7,17-18,23-24,26-30H2,(H,51,52). The van der Waals surface area contributed by atoms with Crippen LogP contribution in [0.25, 0.3) is 16.7 Å². The van der Waals surface area contributed by atoms with Gasteiger partial charge in [-0.1, -0.05) is 89.7 Å². The van der Waals surface area contributed by atoms with E-state index in [4.69, 9.17) is 30.9 Å². The lowest BCUT2D eigenvalue weighted by molar-refractivity contribution is -0.0914. The highest BCUT2D eigenvalue weighted by molar-refractivity contribution is 6.30. The highest BCUT2D eigenvalue weighted by atomic mass is 35.5. The maximum absolute atomic E-state index is 12.9. The second kappa shape index (κ2) is 17.8. The lowest BCUT2D eigenvalue weighted by Gasteiger charge is -2.30. The second-order valence-corrected chi connectivity index (χ2v) is 13.7. The molecule has 10 heteroatoms. The summed E-state index contributed by atoms with van der Waals surface area (Å²) in [5.41, 5.74) is 9.98. The van der Waals surface area contributed by atoms with Gasteiger partial charge in [0.05, 0.1) is 12.2 Å². The van der Waals surface area contributed by atoms with Gasteiger partial charge in [-0.2, -0.15) is 0 Å². The Bertz CT molecular complexity index is 2240. The first-order valence-corrected chi connectivity index (χ1v) is 18.7. The van der Waals surface area contributed by atoms with Crippen molar-refractivity contribution in [2.45, 2.75) is 32.1 Å². The summed E-state index contributed by atoms with van der Waals surface area (Å²) in [6, 6.07) is 34.4. The summed E-state index contributed by atoms with van der Waals surface area (Å²) >= 11 is 6.40. The minimum atomic E-state index is -1.63. The Balaban J connectivity index is 0.893. The average Bonchev–Trinajstić information content (AvgIpc) is 3.37. The number of hydroxylamine groups is 2. The number of rotatable bonds is 8. The Kier molecular flexibility index (Phi) is 12.1. The predicted octanol–water partition coefficient (Wildman–Crippen LogP) is 9.33. The van der Waals surface area contributed by atoms with Gasteiger partial charge in [0.15, 0.2) is 0 Å². The number of aryl methyl sites for hydroxylation is 2. The van der Waals surface area contributed by atoms with Crippen molar-refractivity contribution in [3.05, 3.63) is 154 Å². The van der Waals surface area contributed by atoms with Gasteiger partial charge in [0.2, 0.25) is 0 Å². The molecule has 1 amide bonds. The fourth-order valence-electron chi connectivity index (χ4n) is 7.00. The molecule has 0 saturated carbocycles. The number of fused-ring (bicyclic) bond motifs is 2. The van der Waals surface area contributed by atoms with Gasteiger partial charge in [0, 0.05) is 54.0 Å². The molecule has 55 heavy (non-hydrogen) atoms. The van der Waals surface area contributed by atoms with Crippen LogP contribution < -0.4 is 9.47 Å². The van der Waals surface area contributed by atoms with Gasteiger partial charge < -0.3 is 19.4 Å². The number of para-hydroxylation sites is 1. The Morgan fingerprint density at radius 3 is 2.40 bits per heavy atom. The molecule has 0 spiro atoms. The number of halogens is 1. The van der Waals surface area contributed by atoms with E-state index < -0.39 is 12.2 Å². The third-order valence-electron chi connectivity index (χ3n) is 9.71. The van der Waals surface area contributed by atoms with E-state index >= 15 is 0 Å². The smallest absolute Gasteiger partial charge is 0.492 e. The molecule has 1 N–H and O–H groups in total. The number of hydrogen-bond acceptors (Lipinski definition) is 7. The molecular weight excluding hydrogens is 714 g/mol. The van der Waals surface area contributed by atoms with E-state index in [1.165, 1.54) is 27.8 Å². The van der Waals surface area contributed by atoms with Crippen LogP contribution >= 0.6 is 11.6 Å². The summed E-state index contributed by atoms with van der Waals surface area (Å²) in [5.74, 6) is 7.05. The summed E-state index contributed by atoms with van der Waals surface area (Å²) in [6.45, 7) is 3.17. The van der Waals surface area contributed by atoms with Crippen LogP contribution in [-0.2, 0) is 17.7 Å². The predicted molar refractivity (Wildman–Crippen MR) is 212 cm³/mol. The number of ether oxygens (including phenoxy) is 2. The number of amides is 1. The highest BCUT2D eigenvalue weighted by Gasteiger charge is 2.25. The van der Waals surface area contributed by atoms with Crippen LogP contribution in [0.5, 0.6) is 11.5 Å². The molecule has 1 aliphatic heterocycles. The van der Waals surface area contributed by atoms with Crippen LogP contribution in [0.3, 0.4) is 0 Å². The molecular formula is C45H40ClN3O6. The molecule has 0 unspecified atom stereocenters. The molecule has 1 fully saturated rings. The first-order valence-electron chi connectivity index (χ1n) is 18.3. The Labute approximate surface area is 325 Å². The van der Waals surface area contributed by atoms with Gasteiger partial charge in [-0.3, -0.25) is 9.88 Å². The normalized spacial score (nSPS) is 13.7. The fourth-order valence-corrected chi connectivity index (χ4v) is 7.20. The lowest BCUT2D eigenvalue weighted by Crippen LogP contribution is -2.36. The van der Waals surface area contributed by atoms with Crippen LogP contribution in [0.4, 0.5) is 9.59 Å². The monoisotopic (exact) mass is 753 g/mol. The molecule has 1 aliphatic carbocycles. The van der Waals surface area contributed by atoms with Gasteiger partial charge in [0.1, 0.15) is 18.1 Å². The molecule has 0 bridgehead atoms. The summed E-state index contributed by atoms with van der Waals surface area (Å²) in [5, 5.41) is 10.7. The minimum absolute atomic E-state index is 0.117. The van der Waals surface area contributed by atoms with Crippen LogP contribution in [0.15, 0.2) is 121 Å². The Hall–Kier alpha value is -6.08. The zero-order chi connectivity index (χ0) is 38.0. The molecule has 1 saturated heterocycles. The summed E-state index contributed by atoms with van der Waals surface area (Å²) in [7, 11) is 0. The zero-order valence-electron chi connectivity index (χ0n) is 30.2.